The van der Waals surface area contributed by atoms with Crippen LogP contribution >= 0.6 is 0 Å². The summed E-state index contributed by atoms with van der Waals surface area (Å²) in [7, 11) is 0. The van der Waals surface area contributed by atoms with Gasteiger partial charge in [-0.05, 0) is 43.9 Å². The Morgan fingerprint density at radius 2 is 1.96 bits per heavy atom. The van der Waals surface area contributed by atoms with Crippen LogP contribution in [0.15, 0.2) is 12.3 Å². The van der Waals surface area contributed by atoms with Gasteiger partial charge in [-0.1, -0.05) is 13.8 Å². The number of pyridine rings is 1. The molecule has 0 radical (unpaired) electrons. The molecule has 1 aliphatic heterocycles. The Bertz CT molecular complexity index is 583. The number of carboxylic acid groups (broad SMARTS) is 1. The van der Waals surface area contributed by atoms with Gasteiger partial charge in [-0.15, -0.1) is 0 Å². The first-order chi connectivity index (χ1) is 11.6. The molecule has 6 heteroatoms. The zero-order valence-electron chi connectivity index (χ0n) is 14.6. The van der Waals surface area contributed by atoms with Crippen LogP contribution in [0.3, 0.4) is 0 Å². The molecule has 0 saturated carbocycles. The number of aromatic carboxylic acids is 1. The summed E-state index contributed by atoms with van der Waals surface area (Å²) < 4.78 is 0. The summed E-state index contributed by atoms with van der Waals surface area (Å²) in [5.41, 5.74) is 1.82. The molecule has 0 aromatic carbocycles. The van der Waals surface area contributed by atoms with E-state index in [9.17, 15) is 14.7 Å². The number of likely N-dealkylation sites (tertiary alicyclic amines) is 1. The minimum atomic E-state index is -0.928. The Labute approximate surface area is 143 Å². The largest absolute Gasteiger partial charge is 0.478 e. The second-order valence-electron chi connectivity index (χ2n) is 6.19. The third kappa shape index (κ3) is 4.54. The van der Waals surface area contributed by atoms with Gasteiger partial charge in [0, 0.05) is 25.8 Å². The van der Waals surface area contributed by atoms with Crippen molar-refractivity contribution in [3.05, 3.63) is 29.1 Å². The maximum Gasteiger partial charge on any atom is 0.336 e. The van der Waals surface area contributed by atoms with Crippen LogP contribution in [0.1, 0.15) is 54.7 Å². The molecular weight excluding hydrogens is 306 g/mol. The standard InChI is InChI=1S/C18H27N3O3/c1-3-14-15(18(23)24)8-9-19-16(14)12-20(4-2)13-17(22)21-10-6-5-7-11-21/h8-9H,3-7,10-13H2,1-2H3,(H,23,24). The Balaban J connectivity index is 2.08. The van der Waals surface area contributed by atoms with E-state index in [-0.39, 0.29) is 5.91 Å². The molecular formula is C18H27N3O3. The van der Waals surface area contributed by atoms with E-state index in [1.54, 1.807) is 6.07 Å². The molecule has 2 rings (SSSR count). The number of carbonyl (C=O) groups is 2. The second kappa shape index (κ2) is 8.78. The summed E-state index contributed by atoms with van der Waals surface area (Å²) in [6.07, 6.45) is 5.52. The predicted molar refractivity (Wildman–Crippen MR) is 92.0 cm³/mol. The molecule has 6 nitrogen and oxygen atoms in total. The number of aromatic nitrogens is 1. The van der Waals surface area contributed by atoms with E-state index in [2.05, 4.69) is 4.98 Å². The van der Waals surface area contributed by atoms with Crippen LogP contribution in [0.5, 0.6) is 0 Å². The van der Waals surface area contributed by atoms with Crippen LogP contribution in [-0.4, -0.2) is 57.9 Å². The molecule has 1 aromatic rings. The average Bonchev–Trinajstić information content (AvgIpc) is 2.61. The normalized spacial score (nSPS) is 14.9. The fraction of sp³-hybridized carbons (Fsp3) is 0.611. The molecule has 1 amide bonds. The molecule has 1 aromatic heterocycles. The maximum atomic E-state index is 12.5. The quantitative estimate of drug-likeness (QED) is 0.828. The zero-order valence-corrected chi connectivity index (χ0v) is 14.6. The van der Waals surface area contributed by atoms with Crippen molar-refractivity contribution in [1.29, 1.82) is 0 Å². The Kier molecular flexibility index (Phi) is 6.73. The topological polar surface area (TPSA) is 73.7 Å². The fourth-order valence-electron chi connectivity index (χ4n) is 3.19. The minimum Gasteiger partial charge on any atom is -0.478 e. The molecule has 1 N–H and O–H groups in total. The molecule has 1 saturated heterocycles. The highest BCUT2D eigenvalue weighted by atomic mass is 16.4. The molecule has 0 atom stereocenters. The maximum absolute atomic E-state index is 12.5. The van der Waals surface area contributed by atoms with Gasteiger partial charge >= 0.3 is 5.97 Å². The van der Waals surface area contributed by atoms with E-state index in [0.717, 1.165) is 43.7 Å². The van der Waals surface area contributed by atoms with E-state index in [1.807, 2.05) is 23.6 Å². The molecule has 0 spiro atoms. The molecule has 1 fully saturated rings. The van der Waals surface area contributed by atoms with Crippen molar-refractivity contribution in [2.45, 2.75) is 46.1 Å². The van der Waals surface area contributed by atoms with Gasteiger partial charge in [0.2, 0.25) is 5.91 Å². The summed E-state index contributed by atoms with van der Waals surface area (Å²) in [6, 6.07) is 1.54. The first-order valence-corrected chi connectivity index (χ1v) is 8.77. The van der Waals surface area contributed by atoms with Crippen molar-refractivity contribution in [1.82, 2.24) is 14.8 Å². The van der Waals surface area contributed by atoms with E-state index in [0.29, 0.717) is 25.1 Å². The molecule has 1 aliphatic rings. The van der Waals surface area contributed by atoms with Gasteiger partial charge in [-0.2, -0.15) is 0 Å². The van der Waals surface area contributed by atoms with Gasteiger partial charge in [0.1, 0.15) is 0 Å². The summed E-state index contributed by atoms with van der Waals surface area (Å²) in [6.45, 7) is 7.23. The number of carboxylic acids is 1. The number of piperidine rings is 1. The van der Waals surface area contributed by atoms with E-state index in [4.69, 9.17) is 0 Å². The number of amides is 1. The van der Waals surface area contributed by atoms with Crippen LogP contribution in [0, 0.1) is 0 Å². The molecule has 0 unspecified atom stereocenters. The zero-order chi connectivity index (χ0) is 17.5. The molecule has 24 heavy (non-hydrogen) atoms. The average molecular weight is 333 g/mol. The summed E-state index contributed by atoms with van der Waals surface area (Å²) in [5, 5.41) is 9.33. The van der Waals surface area contributed by atoms with E-state index < -0.39 is 5.97 Å². The highest BCUT2D eigenvalue weighted by molar-refractivity contribution is 5.89. The number of nitrogens with zero attached hydrogens (tertiary/aromatic N) is 3. The first-order valence-electron chi connectivity index (χ1n) is 8.77. The van der Waals surface area contributed by atoms with Gasteiger partial charge in [-0.25, -0.2) is 4.79 Å². The van der Waals surface area contributed by atoms with Crippen molar-refractivity contribution in [2.24, 2.45) is 0 Å². The van der Waals surface area contributed by atoms with Crippen LogP contribution in [0.4, 0.5) is 0 Å². The molecule has 0 bridgehead atoms. The van der Waals surface area contributed by atoms with Crippen molar-refractivity contribution >= 4 is 11.9 Å². The smallest absolute Gasteiger partial charge is 0.336 e. The highest BCUT2D eigenvalue weighted by Crippen LogP contribution is 2.16. The summed E-state index contributed by atoms with van der Waals surface area (Å²) >= 11 is 0. The first kappa shape index (κ1) is 18.4. The van der Waals surface area contributed by atoms with Crippen molar-refractivity contribution in [3.8, 4) is 0 Å². The SMILES string of the molecule is CCc1c(C(=O)O)ccnc1CN(CC)CC(=O)N1CCCCC1. The molecule has 132 valence electrons. The summed E-state index contributed by atoms with van der Waals surface area (Å²) in [5.74, 6) is -0.771. The Morgan fingerprint density at radius 3 is 2.54 bits per heavy atom. The van der Waals surface area contributed by atoms with Gasteiger partial charge in [0.25, 0.3) is 0 Å². The fourth-order valence-corrected chi connectivity index (χ4v) is 3.19. The summed E-state index contributed by atoms with van der Waals surface area (Å²) in [4.78, 5) is 32.2. The Morgan fingerprint density at radius 1 is 1.25 bits per heavy atom. The lowest BCUT2D eigenvalue weighted by Crippen LogP contribution is -2.42. The predicted octanol–water partition coefficient (Wildman–Crippen LogP) is 2.18. The van der Waals surface area contributed by atoms with Gasteiger partial charge < -0.3 is 10.0 Å². The molecule has 0 aliphatic carbocycles. The van der Waals surface area contributed by atoms with Gasteiger partial charge in [-0.3, -0.25) is 14.7 Å². The monoisotopic (exact) mass is 333 g/mol. The van der Waals surface area contributed by atoms with Crippen LogP contribution in [-0.2, 0) is 17.8 Å². The van der Waals surface area contributed by atoms with Crippen LogP contribution in [0.2, 0.25) is 0 Å². The van der Waals surface area contributed by atoms with Crippen LogP contribution in [0.25, 0.3) is 0 Å². The van der Waals surface area contributed by atoms with Crippen LogP contribution < -0.4 is 0 Å². The lowest BCUT2D eigenvalue weighted by atomic mass is 10.0. The highest BCUT2D eigenvalue weighted by Gasteiger charge is 2.21. The van der Waals surface area contributed by atoms with Gasteiger partial charge in [0.15, 0.2) is 0 Å². The third-order valence-corrected chi connectivity index (χ3v) is 4.62. The van der Waals surface area contributed by atoms with Gasteiger partial charge in [0.05, 0.1) is 17.8 Å². The number of carbonyl (C=O) groups excluding carboxylic acids is 1. The van der Waals surface area contributed by atoms with E-state index in [1.165, 1.54) is 12.6 Å². The Hall–Kier alpha value is -1.95. The third-order valence-electron chi connectivity index (χ3n) is 4.62. The minimum absolute atomic E-state index is 0.156. The number of hydrogen-bond donors (Lipinski definition) is 1. The number of rotatable bonds is 7. The number of likely N-dealkylation sites (N-methyl/N-ethyl adjacent to an activating group) is 1. The molecule has 2 heterocycles. The van der Waals surface area contributed by atoms with Crippen molar-refractivity contribution in [3.63, 3.8) is 0 Å². The lowest BCUT2D eigenvalue weighted by molar-refractivity contribution is -0.133. The second-order valence-corrected chi connectivity index (χ2v) is 6.19. The number of hydrogen-bond acceptors (Lipinski definition) is 4. The lowest BCUT2D eigenvalue weighted by Gasteiger charge is -2.29. The van der Waals surface area contributed by atoms with Crippen molar-refractivity contribution in [2.75, 3.05) is 26.2 Å². The van der Waals surface area contributed by atoms with E-state index >= 15 is 0 Å². The van der Waals surface area contributed by atoms with Crippen molar-refractivity contribution < 1.29 is 14.7 Å².